The highest BCUT2D eigenvalue weighted by molar-refractivity contribution is 9.11. The van der Waals surface area contributed by atoms with Gasteiger partial charge in [0.1, 0.15) is 16.0 Å². The lowest BCUT2D eigenvalue weighted by atomic mass is 9.96. The third kappa shape index (κ3) is 2.97. The van der Waals surface area contributed by atoms with Crippen molar-refractivity contribution in [3.05, 3.63) is 40.5 Å². The first-order chi connectivity index (χ1) is 8.28. The molecule has 0 amide bonds. The first-order valence-corrected chi connectivity index (χ1v) is 5.76. The molecule has 2 rings (SSSR count). The van der Waals surface area contributed by atoms with Crippen LogP contribution < -0.4 is 10.2 Å². The summed E-state index contributed by atoms with van der Waals surface area (Å²) in [5.74, 6) is -0.260. The van der Waals surface area contributed by atoms with Crippen molar-refractivity contribution in [2.45, 2.75) is 18.9 Å². The molecule has 1 aliphatic rings. The second kappa shape index (κ2) is 4.47. The Labute approximate surface area is 110 Å². The Balaban J connectivity index is 2.18. The van der Waals surface area contributed by atoms with E-state index in [1.807, 2.05) is 0 Å². The van der Waals surface area contributed by atoms with Crippen molar-refractivity contribution in [2.24, 2.45) is 0 Å². The molecule has 0 aromatic heterocycles. The van der Waals surface area contributed by atoms with Crippen LogP contribution in [-0.4, -0.2) is 6.36 Å². The van der Waals surface area contributed by atoms with Gasteiger partial charge in [-0.3, -0.25) is 10.3 Å². The minimum Gasteiger partial charge on any atom is -0.406 e. The summed E-state index contributed by atoms with van der Waals surface area (Å²) in [6.45, 7) is 1.79. The SMILES string of the molecule is CC1(c2ccc(OC(F)(F)F)cc2)C=C(Br)NO1. The molecule has 1 N–H and O–H groups in total. The van der Waals surface area contributed by atoms with Gasteiger partial charge in [0.2, 0.25) is 0 Å². The van der Waals surface area contributed by atoms with E-state index in [0.29, 0.717) is 10.2 Å². The summed E-state index contributed by atoms with van der Waals surface area (Å²) in [6.07, 6.45) is -2.91. The van der Waals surface area contributed by atoms with Gasteiger partial charge in [0, 0.05) is 0 Å². The maximum atomic E-state index is 12.0. The molecule has 0 aliphatic carbocycles. The molecule has 1 aliphatic heterocycles. The van der Waals surface area contributed by atoms with Crippen LogP contribution in [0.3, 0.4) is 0 Å². The van der Waals surface area contributed by atoms with Crippen molar-refractivity contribution in [1.82, 2.24) is 5.48 Å². The third-order valence-electron chi connectivity index (χ3n) is 2.42. The molecule has 1 aromatic carbocycles. The van der Waals surface area contributed by atoms with Gasteiger partial charge in [-0.05, 0) is 46.6 Å². The maximum Gasteiger partial charge on any atom is 0.573 e. The fraction of sp³-hybridized carbons (Fsp3) is 0.273. The lowest BCUT2D eigenvalue weighted by Crippen LogP contribution is -2.23. The van der Waals surface area contributed by atoms with Crippen LogP contribution in [0.4, 0.5) is 13.2 Å². The number of rotatable bonds is 2. The van der Waals surface area contributed by atoms with E-state index < -0.39 is 12.0 Å². The molecule has 0 bridgehead atoms. The van der Waals surface area contributed by atoms with Crippen LogP contribution >= 0.6 is 15.9 Å². The van der Waals surface area contributed by atoms with Crippen LogP contribution in [0.15, 0.2) is 34.9 Å². The number of hydrogen-bond donors (Lipinski definition) is 1. The minimum absolute atomic E-state index is 0.260. The van der Waals surface area contributed by atoms with Crippen LogP contribution in [0, 0.1) is 0 Å². The summed E-state index contributed by atoms with van der Waals surface area (Å²) in [6, 6.07) is 5.53. The lowest BCUT2D eigenvalue weighted by molar-refractivity contribution is -0.274. The molecule has 0 saturated heterocycles. The number of ether oxygens (including phenoxy) is 1. The molecule has 1 unspecified atom stereocenters. The van der Waals surface area contributed by atoms with Crippen LogP contribution in [-0.2, 0) is 10.4 Å². The minimum atomic E-state index is -4.68. The third-order valence-corrected chi connectivity index (χ3v) is 2.81. The van der Waals surface area contributed by atoms with Gasteiger partial charge in [-0.2, -0.15) is 0 Å². The molecule has 0 radical (unpaired) electrons. The second-order valence-electron chi connectivity index (χ2n) is 3.88. The standard InChI is InChI=1S/C11H9BrF3NO2/c1-10(6-9(12)16-18-10)7-2-4-8(5-3-7)17-11(13,14)15/h2-6,16H,1H3. The van der Waals surface area contributed by atoms with Crippen LogP contribution in [0.2, 0.25) is 0 Å². The van der Waals surface area contributed by atoms with E-state index in [1.165, 1.54) is 24.3 Å². The summed E-state index contributed by atoms with van der Waals surface area (Å²) in [5.41, 5.74) is 2.61. The van der Waals surface area contributed by atoms with Gasteiger partial charge in [0.05, 0.1) is 0 Å². The predicted molar refractivity (Wildman–Crippen MR) is 61.7 cm³/mol. The summed E-state index contributed by atoms with van der Waals surface area (Å²) < 4.78 is 40.4. The van der Waals surface area contributed by atoms with E-state index in [0.717, 1.165) is 0 Å². The zero-order chi connectivity index (χ0) is 13.4. The number of benzene rings is 1. The average Bonchev–Trinajstić information content (AvgIpc) is 2.58. The molecule has 3 nitrogen and oxygen atoms in total. The van der Waals surface area contributed by atoms with Gasteiger partial charge in [-0.15, -0.1) is 13.2 Å². The second-order valence-corrected chi connectivity index (χ2v) is 4.73. The highest BCUT2D eigenvalue weighted by atomic mass is 79.9. The molecule has 1 atom stereocenters. The summed E-state index contributed by atoms with van der Waals surface area (Å²) >= 11 is 3.22. The zero-order valence-electron chi connectivity index (χ0n) is 9.22. The number of halogens is 4. The Kier molecular flexibility index (Phi) is 3.29. The highest BCUT2D eigenvalue weighted by Crippen LogP contribution is 2.34. The smallest absolute Gasteiger partial charge is 0.406 e. The topological polar surface area (TPSA) is 30.5 Å². The number of hydrogen-bond acceptors (Lipinski definition) is 3. The molecule has 0 spiro atoms. The van der Waals surface area contributed by atoms with Gasteiger partial charge in [-0.25, -0.2) is 0 Å². The zero-order valence-corrected chi connectivity index (χ0v) is 10.8. The van der Waals surface area contributed by atoms with Crippen molar-refractivity contribution < 1.29 is 22.7 Å². The maximum absolute atomic E-state index is 12.0. The fourth-order valence-electron chi connectivity index (χ4n) is 1.59. The van der Waals surface area contributed by atoms with Crippen molar-refractivity contribution in [3.63, 3.8) is 0 Å². The average molecular weight is 324 g/mol. The Morgan fingerprint density at radius 1 is 1.28 bits per heavy atom. The molecule has 18 heavy (non-hydrogen) atoms. The van der Waals surface area contributed by atoms with E-state index in [-0.39, 0.29) is 5.75 Å². The Morgan fingerprint density at radius 3 is 2.33 bits per heavy atom. The molecule has 0 saturated carbocycles. The van der Waals surface area contributed by atoms with Crippen molar-refractivity contribution >= 4 is 15.9 Å². The van der Waals surface area contributed by atoms with E-state index in [4.69, 9.17) is 4.84 Å². The Bertz CT molecular complexity index is 472. The Hall–Kier alpha value is -1.21. The van der Waals surface area contributed by atoms with Crippen molar-refractivity contribution in [3.8, 4) is 5.75 Å². The van der Waals surface area contributed by atoms with E-state index >= 15 is 0 Å². The molecule has 1 heterocycles. The van der Waals surface area contributed by atoms with E-state index in [2.05, 4.69) is 26.1 Å². The quantitative estimate of drug-likeness (QED) is 0.844. The number of alkyl halides is 3. The van der Waals surface area contributed by atoms with Gasteiger partial charge < -0.3 is 4.74 Å². The van der Waals surface area contributed by atoms with Crippen LogP contribution in [0.25, 0.3) is 0 Å². The van der Waals surface area contributed by atoms with Crippen LogP contribution in [0.1, 0.15) is 12.5 Å². The highest BCUT2D eigenvalue weighted by Gasteiger charge is 2.33. The van der Waals surface area contributed by atoms with Crippen molar-refractivity contribution in [1.29, 1.82) is 0 Å². The fourth-order valence-corrected chi connectivity index (χ4v) is 2.10. The first kappa shape index (κ1) is 13.2. The van der Waals surface area contributed by atoms with Gasteiger partial charge in [-0.1, -0.05) is 12.1 Å². The molecule has 7 heteroatoms. The summed E-state index contributed by atoms with van der Waals surface area (Å²) in [7, 11) is 0. The molecular formula is C11H9BrF3NO2. The number of hydroxylamine groups is 1. The molecule has 98 valence electrons. The van der Waals surface area contributed by atoms with Gasteiger partial charge in [0.15, 0.2) is 0 Å². The van der Waals surface area contributed by atoms with Crippen LogP contribution in [0.5, 0.6) is 5.75 Å². The Morgan fingerprint density at radius 2 is 1.89 bits per heavy atom. The summed E-state index contributed by atoms with van der Waals surface area (Å²) in [5, 5.41) is 0. The molecule has 0 fully saturated rings. The molecule has 1 aromatic rings. The monoisotopic (exact) mass is 323 g/mol. The van der Waals surface area contributed by atoms with E-state index in [1.54, 1.807) is 13.0 Å². The van der Waals surface area contributed by atoms with Crippen molar-refractivity contribution in [2.75, 3.05) is 0 Å². The summed E-state index contributed by atoms with van der Waals surface area (Å²) in [4.78, 5) is 5.33. The number of nitrogens with one attached hydrogen (secondary N) is 1. The predicted octanol–water partition coefficient (Wildman–Crippen LogP) is 3.57. The van der Waals surface area contributed by atoms with E-state index in [9.17, 15) is 13.2 Å². The lowest BCUT2D eigenvalue weighted by Gasteiger charge is -2.20. The normalized spacial score (nSPS) is 23.5. The first-order valence-electron chi connectivity index (χ1n) is 4.97. The van der Waals surface area contributed by atoms with Gasteiger partial charge in [0.25, 0.3) is 0 Å². The van der Waals surface area contributed by atoms with Gasteiger partial charge >= 0.3 is 6.36 Å². The largest absolute Gasteiger partial charge is 0.573 e. The molecular weight excluding hydrogens is 315 g/mol.